The van der Waals surface area contributed by atoms with Gasteiger partial charge in [0.15, 0.2) is 11.6 Å². The van der Waals surface area contributed by atoms with E-state index in [1.807, 2.05) is 12.1 Å². The van der Waals surface area contributed by atoms with Crippen molar-refractivity contribution in [3.8, 4) is 5.75 Å². The average Bonchev–Trinajstić information content (AvgIpc) is 2.44. The first-order valence-electron chi connectivity index (χ1n) is 6.03. The van der Waals surface area contributed by atoms with Crippen LogP contribution in [-0.2, 0) is 0 Å². The van der Waals surface area contributed by atoms with Crippen molar-refractivity contribution < 1.29 is 9.13 Å². The van der Waals surface area contributed by atoms with Gasteiger partial charge in [-0.15, -0.1) is 0 Å². The van der Waals surface area contributed by atoms with Gasteiger partial charge in [0.2, 0.25) is 0 Å². The molecule has 1 N–H and O–H groups in total. The van der Waals surface area contributed by atoms with Gasteiger partial charge in [-0.2, -0.15) is 0 Å². The highest BCUT2D eigenvalue weighted by Gasteiger charge is 2.18. The molecule has 0 spiro atoms. The molecule has 0 aliphatic carbocycles. The third kappa shape index (κ3) is 2.90. The summed E-state index contributed by atoms with van der Waals surface area (Å²) in [4.78, 5) is 0. The van der Waals surface area contributed by atoms with E-state index in [1.54, 1.807) is 25.2 Å². The third-order valence-corrected chi connectivity index (χ3v) is 3.92. The minimum absolute atomic E-state index is 0.209. The second-order valence-electron chi connectivity index (χ2n) is 4.26. The first kappa shape index (κ1) is 15.1. The molecule has 0 aromatic heterocycles. The average molecular weight is 314 g/mol. The summed E-state index contributed by atoms with van der Waals surface area (Å²) in [5.74, 6) is -0.204. The van der Waals surface area contributed by atoms with Gasteiger partial charge in [-0.05, 0) is 36.4 Å². The summed E-state index contributed by atoms with van der Waals surface area (Å²) in [6.07, 6.45) is 0. The Balaban J connectivity index is 2.47. The van der Waals surface area contributed by atoms with Crippen LogP contribution in [0.15, 0.2) is 36.4 Å². The summed E-state index contributed by atoms with van der Waals surface area (Å²) < 4.78 is 18.8. The summed E-state index contributed by atoms with van der Waals surface area (Å²) in [6.45, 7) is 0. The molecule has 0 aliphatic heterocycles. The second kappa shape index (κ2) is 6.44. The minimum Gasteiger partial charge on any atom is -0.494 e. The van der Waals surface area contributed by atoms with Crippen molar-refractivity contribution in [3.05, 3.63) is 63.4 Å². The number of nitrogens with one attached hydrogen (secondary N) is 1. The fourth-order valence-corrected chi connectivity index (χ4v) is 2.52. The van der Waals surface area contributed by atoms with Gasteiger partial charge in [0.25, 0.3) is 0 Å². The van der Waals surface area contributed by atoms with E-state index in [2.05, 4.69) is 5.32 Å². The zero-order chi connectivity index (χ0) is 14.7. The van der Waals surface area contributed by atoms with Gasteiger partial charge < -0.3 is 10.1 Å². The standard InChI is InChI=1S/C15H14Cl2FNO/c1-19-15(10-4-3-5-11(16)14(10)17)9-6-7-13(20-2)12(18)8-9/h3-8,15,19H,1-2H3. The summed E-state index contributed by atoms with van der Waals surface area (Å²) in [6, 6.07) is 9.95. The highest BCUT2D eigenvalue weighted by Crippen LogP contribution is 2.34. The van der Waals surface area contributed by atoms with Crippen molar-refractivity contribution in [1.29, 1.82) is 0 Å². The van der Waals surface area contributed by atoms with E-state index < -0.39 is 5.82 Å². The molecule has 2 aromatic rings. The lowest BCUT2D eigenvalue weighted by atomic mass is 9.98. The molecule has 0 amide bonds. The predicted molar refractivity (Wildman–Crippen MR) is 80.3 cm³/mol. The lowest BCUT2D eigenvalue weighted by Crippen LogP contribution is -2.18. The van der Waals surface area contributed by atoms with Crippen LogP contribution in [0.4, 0.5) is 4.39 Å². The predicted octanol–water partition coefficient (Wildman–Crippen LogP) is 4.45. The molecular formula is C15H14Cl2FNO. The van der Waals surface area contributed by atoms with Crippen molar-refractivity contribution in [3.63, 3.8) is 0 Å². The maximum atomic E-state index is 13.8. The number of ether oxygens (including phenoxy) is 1. The van der Waals surface area contributed by atoms with Gasteiger partial charge >= 0.3 is 0 Å². The van der Waals surface area contributed by atoms with Gasteiger partial charge in [0.05, 0.1) is 23.2 Å². The maximum Gasteiger partial charge on any atom is 0.165 e. The molecule has 1 unspecified atom stereocenters. The number of methoxy groups -OCH3 is 1. The summed E-state index contributed by atoms with van der Waals surface area (Å²) >= 11 is 12.3. The first-order chi connectivity index (χ1) is 9.58. The van der Waals surface area contributed by atoms with Gasteiger partial charge in [-0.25, -0.2) is 4.39 Å². The Bertz CT molecular complexity index is 619. The molecule has 0 bridgehead atoms. The molecule has 2 aromatic carbocycles. The van der Waals surface area contributed by atoms with Crippen LogP contribution < -0.4 is 10.1 Å². The van der Waals surface area contributed by atoms with Crippen molar-refractivity contribution in [1.82, 2.24) is 5.32 Å². The molecule has 0 heterocycles. The highest BCUT2D eigenvalue weighted by atomic mass is 35.5. The van der Waals surface area contributed by atoms with Crippen molar-refractivity contribution >= 4 is 23.2 Å². The summed E-state index contributed by atoms with van der Waals surface area (Å²) in [5, 5.41) is 4.05. The van der Waals surface area contributed by atoms with Crippen LogP contribution in [-0.4, -0.2) is 14.2 Å². The zero-order valence-corrected chi connectivity index (χ0v) is 12.6. The minimum atomic E-state index is -0.414. The van der Waals surface area contributed by atoms with E-state index >= 15 is 0 Å². The van der Waals surface area contributed by atoms with Crippen molar-refractivity contribution in [2.24, 2.45) is 0 Å². The second-order valence-corrected chi connectivity index (χ2v) is 5.04. The molecule has 1 atom stereocenters. The summed E-state index contributed by atoms with van der Waals surface area (Å²) in [5.41, 5.74) is 1.54. The Morgan fingerprint density at radius 2 is 1.95 bits per heavy atom. The fourth-order valence-electron chi connectivity index (χ4n) is 2.11. The van der Waals surface area contributed by atoms with Crippen LogP contribution in [0.3, 0.4) is 0 Å². The Morgan fingerprint density at radius 1 is 1.20 bits per heavy atom. The lowest BCUT2D eigenvalue weighted by molar-refractivity contribution is 0.386. The largest absolute Gasteiger partial charge is 0.494 e. The maximum absolute atomic E-state index is 13.8. The molecule has 20 heavy (non-hydrogen) atoms. The molecule has 106 valence electrons. The van der Waals surface area contributed by atoms with Crippen molar-refractivity contribution in [2.75, 3.05) is 14.2 Å². The molecular weight excluding hydrogens is 300 g/mol. The Hall–Kier alpha value is -1.29. The van der Waals surface area contributed by atoms with Gasteiger partial charge in [-0.3, -0.25) is 0 Å². The Labute approximate surface area is 127 Å². The number of halogens is 3. The van der Waals surface area contributed by atoms with Crippen LogP contribution in [0, 0.1) is 5.82 Å². The van der Waals surface area contributed by atoms with Crippen molar-refractivity contribution in [2.45, 2.75) is 6.04 Å². The molecule has 0 saturated carbocycles. The molecule has 0 fully saturated rings. The first-order valence-corrected chi connectivity index (χ1v) is 6.78. The zero-order valence-electron chi connectivity index (χ0n) is 11.1. The SMILES string of the molecule is CNC(c1ccc(OC)c(F)c1)c1cccc(Cl)c1Cl. The Kier molecular flexibility index (Phi) is 4.86. The van der Waals surface area contributed by atoms with E-state index in [4.69, 9.17) is 27.9 Å². The number of hydrogen-bond donors (Lipinski definition) is 1. The number of benzene rings is 2. The van der Waals surface area contributed by atoms with Gasteiger partial charge in [-0.1, -0.05) is 41.4 Å². The number of rotatable bonds is 4. The molecule has 0 aliphatic rings. The fraction of sp³-hybridized carbons (Fsp3) is 0.200. The lowest BCUT2D eigenvalue weighted by Gasteiger charge is -2.19. The van der Waals surface area contributed by atoms with E-state index in [0.717, 1.165) is 11.1 Å². The van der Waals surface area contributed by atoms with Crippen LogP contribution in [0.2, 0.25) is 10.0 Å². The molecule has 2 nitrogen and oxygen atoms in total. The normalized spacial score (nSPS) is 12.2. The molecule has 2 rings (SSSR count). The van der Waals surface area contributed by atoms with Gasteiger partial charge in [0.1, 0.15) is 0 Å². The monoisotopic (exact) mass is 313 g/mol. The third-order valence-electron chi connectivity index (χ3n) is 3.09. The van der Waals surface area contributed by atoms with Crippen LogP contribution in [0.1, 0.15) is 17.2 Å². The van der Waals surface area contributed by atoms with Crippen LogP contribution >= 0.6 is 23.2 Å². The topological polar surface area (TPSA) is 21.3 Å². The molecule has 0 saturated heterocycles. The van der Waals surface area contributed by atoms with E-state index in [1.165, 1.54) is 13.2 Å². The van der Waals surface area contributed by atoms with E-state index in [-0.39, 0.29) is 11.8 Å². The number of hydrogen-bond acceptors (Lipinski definition) is 2. The van der Waals surface area contributed by atoms with Crippen LogP contribution in [0.5, 0.6) is 5.75 Å². The smallest absolute Gasteiger partial charge is 0.165 e. The van der Waals surface area contributed by atoms with E-state index in [0.29, 0.717) is 10.0 Å². The molecule has 5 heteroatoms. The van der Waals surface area contributed by atoms with Gasteiger partial charge in [0, 0.05) is 0 Å². The van der Waals surface area contributed by atoms with Crippen LogP contribution in [0.25, 0.3) is 0 Å². The highest BCUT2D eigenvalue weighted by molar-refractivity contribution is 6.42. The van der Waals surface area contributed by atoms with E-state index in [9.17, 15) is 4.39 Å². The molecule has 0 radical (unpaired) electrons. The quantitative estimate of drug-likeness (QED) is 0.900. The summed E-state index contributed by atoms with van der Waals surface area (Å²) in [7, 11) is 3.21. The Morgan fingerprint density at radius 3 is 2.55 bits per heavy atom.